The van der Waals surface area contributed by atoms with E-state index in [4.69, 9.17) is 0 Å². The minimum Gasteiger partial charge on any atom is -0.346 e. The molecule has 7 nitrogen and oxygen atoms in total. The molecule has 3 amide bonds. The lowest BCUT2D eigenvalue weighted by Gasteiger charge is -2.25. The molecular weight excluding hydrogens is 366 g/mol. The molecule has 1 aliphatic heterocycles. The lowest BCUT2D eigenvalue weighted by Crippen LogP contribution is -2.35. The number of aryl methyl sites for hydroxylation is 1. The Morgan fingerprint density at radius 3 is 2.86 bits per heavy atom. The van der Waals surface area contributed by atoms with E-state index in [0.29, 0.717) is 18.9 Å². The first-order valence-corrected chi connectivity index (χ1v) is 9.40. The van der Waals surface area contributed by atoms with Crippen LogP contribution in [0.2, 0.25) is 0 Å². The summed E-state index contributed by atoms with van der Waals surface area (Å²) in [6.07, 6.45) is 4.96. The summed E-state index contributed by atoms with van der Waals surface area (Å²) in [4.78, 5) is 31.8. The number of nitrogens with zero attached hydrogens (tertiary/aromatic N) is 4. The van der Waals surface area contributed by atoms with Gasteiger partial charge in [-0.3, -0.25) is 10.1 Å². The van der Waals surface area contributed by atoms with Gasteiger partial charge in [0.15, 0.2) is 0 Å². The lowest BCUT2D eigenvalue weighted by atomic mass is 10.1. The van der Waals surface area contributed by atoms with Crippen LogP contribution < -0.4 is 5.32 Å². The fraction of sp³-hybridized carbons (Fsp3) is 0.227. The number of urea groups is 1. The minimum absolute atomic E-state index is 0.0848. The second kappa shape index (κ2) is 7.43. The van der Waals surface area contributed by atoms with Gasteiger partial charge in [0.25, 0.3) is 0 Å². The Hall–Kier alpha value is -3.61. The molecule has 0 radical (unpaired) electrons. The standard InChI is InChI=1S/C22H23N5O2/c1-25(14-18-11-16-6-4-5-7-19(16)27(18)3)20(28)9-8-15-10-17-13-26(2)22(29)24-21(17)23-12-15/h4-12H,13-14H2,1-3H3,(H,23,24,29)/b9-8+. The molecule has 1 aliphatic rings. The zero-order valence-corrected chi connectivity index (χ0v) is 16.7. The molecule has 0 bridgehead atoms. The molecule has 0 fully saturated rings. The van der Waals surface area contributed by atoms with E-state index in [1.165, 1.54) is 5.39 Å². The molecule has 1 N–H and O–H groups in total. The van der Waals surface area contributed by atoms with Gasteiger partial charge in [-0.25, -0.2) is 9.78 Å². The molecule has 2 aromatic heterocycles. The highest BCUT2D eigenvalue weighted by atomic mass is 16.2. The average Bonchev–Trinajstić information content (AvgIpc) is 3.02. The first kappa shape index (κ1) is 18.7. The van der Waals surface area contributed by atoms with Crippen LogP contribution in [0.1, 0.15) is 16.8 Å². The van der Waals surface area contributed by atoms with Crippen molar-refractivity contribution in [3.63, 3.8) is 0 Å². The summed E-state index contributed by atoms with van der Waals surface area (Å²) in [5.74, 6) is 0.489. The number of nitrogens with one attached hydrogen (secondary N) is 1. The van der Waals surface area contributed by atoms with Gasteiger partial charge >= 0.3 is 6.03 Å². The third-order valence-corrected chi connectivity index (χ3v) is 5.21. The Labute approximate surface area is 169 Å². The van der Waals surface area contributed by atoms with Gasteiger partial charge in [0.1, 0.15) is 5.82 Å². The molecule has 0 atom stereocenters. The fourth-order valence-electron chi connectivity index (χ4n) is 3.49. The molecule has 0 aliphatic carbocycles. The Balaban J connectivity index is 1.46. The van der Waals surface area contributed by atoms with Crippen LogP contribution in [0.25, 0.3) is 17.0 Å². The fourth-order valence-corrected chi connectivity index (χ4v) is 3.49. The van der Waals surface area contributed by atoms with Crippen LogP contribution in [0.5, 0.6) is 0 Å². The molecule has 0 saturated carbocycles. The first-order valence-electron chi connectivity index (χ1n) is 9.40. The number of benzene rings is 1. The zero-order chi connectivity index (χ0) is 20.5. The number of anilines is 1. The van der Waals surface area contributed by atoms with Crippen molar-refractivity contribution in [2.45, 2.75) is 13.1 Å². The number of hydrogen-bond acceptors (Lipinski definition) is 3. The molecule has 148 valence electrons. The van der Waals surface area contributed by atoms with Crippen LogP contribution >= 0.6 is 0 Å². The topological polar surface area (TPSA) is 70.5 Å². The van der Waals surface area contributed by atoms with E-state index in [0.717, 1.165) is 22.3 Å². The maximum absolute atomic E-state index is 12.6. The van der Waals surface area contributed by atoms with Crippen molar-refractivity contribution in [1.29, 1.82) is 0 Å². The second-order valence-corrected chi connectivity index (χ2v) is 7.34. The first-order chi connectivity index (χ1) is 13.9. The normalized spacial score (nSPS) is 13.6. The Bertz CT molecular complexity index is 1130. The van der Waals surface area contributed by atoms with Gasteiger partial charge in [-0.1, -0.05) is 18.2 Å². The van der Waals surface area contributed by atoms with E-state index in [-0.39, 0.29) is 11.9 Å². The van der Waals surface area contributed by atoms with E-state index in [2.05, 4.69) is 33.1 Å². The molecule has 0 saturated heterocycles. The van der Waals surface area contributed by atoms with E-state index in [9.17, 15) is 9.59 Å². The van der Waals surface area contributed by atoms with Crippen LogP contribution in [-0.2, 0) is 24.9 Å². The maximum atomic E-state index is 12.6. The van der Waals surface area contributed by atoms with Gasteiger partial charge in [-0.2, -0.15) is 0 Å². The van der Waals surface area contributed by atoms with Crippen LogP contribution in [-0.4, -0.2) is 45.4 Å². The number of aromatic nitrogens is 2. The van der Waals surface area contributed by atoms with Crippen molar-refractivity contribution < 1.29 is 9.59 Å². The van der Waals surface area contributed by atoms with Crippen LogP contribution in [0.4, 0.5) is 10.6 Å². The summed E-state index contributed by atoms with van der Waals surface area (Å²) in [5.41, 5.74) is 3.96. The maximum Gasteiger partial charge on any atom is 0.323 e. The Morgan fingerprint density at radius 2 is 2.07 bits per heavy atom. The molecule has 29 heavy (non-hydrogen) atoms. The van der Waals surface area contributed by atoms with Crippen LogP contribution in [0, 0.1) is 0 Å². The predicted octanol–water partition coefficient (Wildman–Crippen LogP) is 3.22. The molecule has 1 aromatic carbocycles. The van der Waals surface area contributed by atoms with Gasteiger partial charge in [0.2, 0.25) is 5.91 Å². The number of carbonyl (C=O) groups excluding carboxylic acids is 2. The average molecular weight is 389 g/mol. The van der Waals surface area contributed by atoms with Gasteiger partial charge in [-0.05, 0) is 35.2 Å². The highest BCUT2D eigenvalue weighted by Gasteiger charge is 2.20. The summed E-state index contributed by atoms with van der Waals surface area (Å²) in [6, 6.07) is 12.1. The summed E-state index contributed by atoms with van der Waals surface area (Å²) >= 11 is 0. The third kappa shape index (κ3) is 3.71. The van der Waals surface area contributed by atoms with Crippen LogP contribution in [0.3, 0.4) is 0 Å². The highest BCUT2D eigenvalue weighted by Crippen LogP contribution is 2.22. The van der Waals surface area contributed by atoms with E-state index >= 15 is 0 Å². The quantitative estimate of drug-likeness (QED) is 0.697. The number of rotatable bonds is 4. The summed E-state index contributed by atoms with van der Waals surface area (Å²) in [6.45, 7) is 1.01. The van der Waals surface area contributed by atoms with E-state index in [1.807, 2.05) is 25.2 Å². The van der Waals surface area contributed by atoms with Crippen molar-refractivity contribution in [3.8, 4) is 0 Å². The number of carbonyl (C=O) groups is 2. The Kier molecular flexibility index (Phi) is 4.80. The summed E-state index contributed by atoms with van der Waals surface area (Å²) < 4.78 is 2.11. The molecular formula is C22H23N5O2. The molecule has 7 heteroatoms. The van der Waals surface area contributed by atoms with Gasteiger partial charge in [-0.15, -0.1) is 0 Å². The number of fused-ring (bicyclic) bond motifs is 2. The number of para-hydroxylation sites is 1. The Morgan fingerprint density at radius 1 is 1.28 bits per heavy atom. The highest BCUT2D eigenvalue weighted by molar-refractivity contribution is 5.93. The van der Waals surface area contributed by atoms with Gasteiger partial charge < -0.3 is 14.4 Å². The third-order valence-electron chi connectivity index (χ3n) is 5.21. The monoisotopic (exact) mass is 389 g/mol. The van der Waals surface area contributed by atoms with Gasteiger partial charge in [0.05, 0.1) is 13.1 Å². The number of hydrogen-bond donors (Lipinski definition) is 1. The van der Waals surface area contributed by atoms with E-state index < -0.39 is 0 Å². The molecule has 0 unspecified atom stereocenters. The predicted molar refractivity (Wildman–Crippen MR) is 113 cm³/mol. The van der Waals surface area contributed by atoms with Crippen LogP contribution in [0.15, 0.2) is 48.7 Å². The molecule has 0 spiro atoms. The smallest absolute Gasteiger partial charge is 0.323 e. The van der Waals surface area contributed by atoms with Crippen molar-refractivity contribution in [1.82, 2.24) is 19.4 Å². The lowest BCUT2D eigenvalue weighted by molar-refractivity contribution is -0.125. The van der Waals surface area contributed by atoms with Gasteiger partial charge in [0, 0.05) is 50.2 Å². The molecule has 3 aromatic rings. The summed E-state index contributed by atoms with van der Waals surface area (Å²) in [5, 5.41) is 3.90. The zero-order valence-electron chi connectivity index (χ0n) is 16.7. The number of amides is 3. The largest absolute Gasteiger partial charge is 0.346 e. The van der Waals surface area contributed by atoms with Crippen molar-refractivity contribution >= 4 is 34.7 Å². The van der Waals surface area contributed by atoms with Crippen molar-refractivity contribution in [2.24, 2.45) is 7.05 Å². The molecule has 4 rings (SSSR count). The molecule has 3 heterocycles. The number of likely N-dealkylation sites (N-methyl/N-ethyl adjacent to an activating group) is 1. The second-order valence-electron chi connectivity index (χ2n) is 7.34. The van der Waals surface area contributed by atoms with Crippen molar-refractivity contribution in [3.05, 3.63) is 65.5 Å². The summed E-state index contributed by atoms with van der Waals surface area (Å²) in [7, 11) is 5.53. The SMILES string of the molecule is CN(Cc1cc2ccccc2n1C)C(=O)/C=C/c1cnc2c(c1)CN(C)C(=O)N2. The van der Waals surface area contributed by atoms with E-state index in [1.54, 1.807) is 42.2 Å². The number of pyridine rings is 1. The van der Waals surface area contributed by atoms with Crippen molar-refractivity contribution in [2.75, 3.05) is 19.4 Å². The minimum atomic E-state index is -0.168.